The molecule has 0 aromatic heterocycles. The highest BCUT2D eigenvalue weighted by Gasteiger charge is 2.36. The van der Waals surface area contributed by atoms with E-state index in [0.29, 0.717) is 12.2 Å². The van der Waals surface area contributed by atoms with Crippen LogP contribution in [0.15, 0.2) is 17.0 Å². The zero-order chi connectivity index (χ0) is 15.0. The number of benzene rings is 1. The minimum Gasteiger partial charge on any atom is -0.398 e. The summed E-state index contributed by atoms with van der Waals surface area (Å²) in [5, 5.41) is 0. The van der Waals surface area contributed by atoms with Crippen LogP contribution < -0.4 is 10.5 Å². The third-order valence-corrected chi connectivity index (χ3v) is 6.17. The summed E-state index contributed by atoms with van der Waals surface area (Å²) in [6, 6.07) is 3.38. The fourth-order valence-corrected chi connectivity index (χ4v) is 4.06. The van der Waals surface area contributed by atoms with Gasteiger partial charge in [0.25, 0.3) is 0 Å². The molecule has 0 aliphatic heterocycles. The first kappa shape index (κ1) is 15.3. The summed E-state index contributed by atoms with van der Waals surface area (Å²) in [6.07, 6.45) is 4.42. The van der Waals surface area contributed by atoms with Gasteiger partial charge in [0.05, 0.1) is 5.69 Å². The summed E-state index contributed by atoms with van der Waals surface area (Å²) in [4.78, 5) is 0.200. The van der Waals surface area contributed by atoms with Gasteiger partial charge >= 0.3 is 0 Å². The second kappa shape index (κ2) is 5.37. The Morgan fingerprint density at radius 1 is 1.25 bits per heavy atom. The molecule has 112 valence electrons. The number of hydrogen-bond acceptors (Lipinski definition) is 3. The lowest BCUT2D eigenvalue weighted by atomic mass is 9.67. The normalized spacial score (nSPS) is 17.8. The molecule has 2 rings (SSSR count). The van der Waals surface area contributed by atoms with Gasteiger partial charge in [0, 0.05) is 6.54 Å². The molecule has 0 amide bonds. The summed E-state index contributed by atoms with van der Waals surface area (Å²) in [5.41, 5.74) is 8.29. The number of hydrogen-bond donors (Lipinski definition) is 2. The van der Waals surface area contributed by atoms with Crippen LogP contribution in [0.25, 0.3) is 0 Å². The summed E-state index contributed by atoms with van der Waals surface area (Å²) >= 11 is 0. The van der Waals surface area contributed by atoms with Crippen LogP contribution in [-0.2, 0) is 10.0 Å². The van der Waals surface area contributed by atoms with Crippen LogP contribution in [0.1, 0.15) is 43.7 Å². The van der Waals surface area contributed by atoms with E-state index < -0.39 is 10.0 Å². The van der Waals surface area contributed by atoms with Crippen LogP contribution in [0, 0.1) is 19.3 Å². The Balaban J connectivity index is 2.20. The molecule has 0 spiro atoms. The highest BCUT2D eigenvalue weighted by molar-refractivity contribution is 7.89. The van der Waals surface area contributed by atoms with Crippen molar-refractivity contribution in [1.82, 2.24) is 4.72 Å². The molecule has 3 N–H and O–H groups in total. The highest BCUT2D eigenvalue weighted by atomic mass is 32.2. The summed E-state index contributed by atoms with van der Waals surface area (Å²) in [5.74, 6) is 0. The molecule has 0 saturated heterocycles. The van der Waals surface area contributed by atoms with Gasteiger partial charge in [-0.25, -0.2) is 13.1 Å². The van der Waals surface area contributed by atoms with Crippen LogP contribution in [0.3, 0.4) is 0 Å². The van der Waals surface area contributed by atoms with E-state index in [1.807, 2.05) is 13.8 Å². The Labute approximate surface area is 121 Å². The number of rotatable bonds is 5. The van der Waals surface area contributed by atoms with Gasteiger partial charge < -0.3 is 5.73 Å². The van der Waals surface area contributed by atoms with E-state index >= 15 is 0 Å². The van der Waals surface area contributed by atoms with Crippen molar-refractivity contribution >= 4 is 15.7 Å². The van der Waals surface area contributed by atoms with Crippen molar-refractivity contribution in [2.45, 2.75) is 51.3 Å². The van der Waals surface area contributed by atoms with Crippen molar-refractivity contribution in [3.8, 4) is 0 Å². The van der Waals surface area contributed by atoms with Crippen LogP contribution in [-0.4, -0.2) is 15.0 Å². The molecule has 4 nitrogen and oxygen atoms in total. The predicted octanol–water partition coefficient (Wildman–Crippen LogP) is 2.74. The van der Waals surface area contributed by atoms with Crippen LogP contribution >= 0.6 is 0 Å². The first-order chi connectivity index (χ1) is 9.30. The minimum atomic E-state index is -3.52. The number of nitrogen functional groups attached to an aromatic ring is 1. The Bertz CT molecular complexity index is 599. The molecule has 0 bridgehead atoms. The number of nitrogens with two attached hydrogens (primary N) is 1. The first-order valence-electron chi connectivity index (χ1n) is 7.16. The Morgan fingerprint density at radius 3 is 2.35 bits per heavy atom. The molecule has 1 saturated carbocycles. The molecular formula is C15H24N2O2S. The van der Waals surface area contributed by atoms with E-state index in [4.69, 9.17) is 5.73 Å². The lowest BCUT2D eigenvalue weighted by molar-refractivity contribution is 0.133. The molecule has 1 aromatic carbocycles. The van der Waals surface area contributed by atoms with Crippen LogP contribution in [0.5, 0.6) is 0 Å². The molecule has 0 atom stereocenters. The van der Waals surface area contributed by atoms with E-state index in [2.05, 4.69) is 11.6 Å². The van der Waals surface area contributed by atoms with Gasteiger partial charge in [-0.1, -0.05) is 13.3 Å². The van der Waals surface area contributed by atoms with Gasteiger partial charge in [-0.05, 0) is 61.8 Å². The zero-order valence-electron chi connectivity index (χ0n) is 12.5. The van der Waals surface area contributed by atoms with E-state index in [0.717, 1.165) is 30.4 Å². The number of aryl methyl sites for hydroxylation is 2. The fraction of sp³-hybridized carbons (Fsp3) is 0.600. The summed E-state index contributed by atoms with van der Waals surface area (Å²) < 4.78 is 27.6. The smallest absolute Gasteiger partial charge is 0.242 e. The second-order valence-electron chi connectivity index (χ2n) is 6.01. The number of nitrogens with one attached hydrogen (secondary N) is 1. The third-order valence-electron chi connectivity index (χ3n) is 4.72. The average Bonchev–Trinajstić information content (AvgIpc) is 2.32. The molecular weight excluding hydrogens is 272 g/mol. The van der Waals surface area contributed by atoms with Gasteiger partial charge in [0.15, 0.2) is 0 Å². The predicted molar refractivity (Wildman–Crippen MR) is 82.1 cm³/mol. The van der Waals surface area contributed by atoms with Crippen LogP contribution in [0.4, 0.5) is 5.69 Å². The van der Waals surface area contributed by atoms with Gasteiger partial charge in [0.2, 0.25) is 10.0 Å². The maximum atomic E-state index is 12.4. The molecule has 20 heavy (non-hydrogen) atoms. The molecule has 1 aliphatic rings. The van der Waals surface area contributed by atoms with Gasteiger partial charge in [-0.3, -0.25) is 0 Å². The van der Waals surface area contributed by atoms with Crippen molar-refractivity contribution in [1.29, 1.82) is 0 Å². The molecule has 0 radical (unpaired) electrons. The maximum Gasteiger partial charge on any atom is 0.242 e. The van der Waals surface area contributed by atoms with Crippen molar-refractivity contribution in [2.24, 2.45) is 5.41 Å². The summed E-state index contributed by atoms with van der Waals surface area (Å²) in [7, 11) is -3.52. The maximum absolute atomic E-state index is 12.4. The largest absolute Gasteiger partial charge is 0.398 e. The SMILES string of the molecule is CCC1(CNS(=O)(=O)c2cc(C)c(C)cc2N)CCC1. The molecule has 1 aliphatic carbocycles. The van der Waals surface area contributed by atoms with Gasteiger partial charge in [-0.2, -0.15) is 0 Å². The quantitative estimate of drug-likeness (QED) is 0.821. The van der Waals surface area contributed by atoms with E-state index in [9.17, 15) is 8.42 Å². The second-order valence-corrected chi connectivity index (χ2v) is 7.74. The van der Waals surface area contributed by atoms with E-state index in [1.54, 1.807) is 12.1 Å². The van der Waals surface area contributed by atoms with E-state index in [-0.39, 0.29) is 10.3 Å². The third kappa shape index (κ3) is 2.83. The minimum absolute atomic E-state index is 0.154. The van der Waals surface area contributed by atoms with Gasteiger partial charge in [0.1, 0.15) is 4.90 Å². The monoisotopic (exact) mass is 296 g/mol. The Hall–Kier alpha value is -1.07. The topological polar surface area (TPSA) is 72.2 Å². The van der Waals surface area contributed by atoms with Crippen molar-refractivity contribution in [3.63, 3.8) is 0 Å². The van der Waals surface area contributed by atoms with Gasteiger partial charge in [-0.15, -0.1) is 0 Å². The standard InChI is InChI=1S/C15H24N2O2S/c1-4-15(6-5-7-15)10-17-20(18,19)14-9-12(3)11(2)8-13(14)16/h8-9,17H,4-7,10,16H2,1-3H3. The fourth-order valence-electron chi connectivity index (χ4n) is 2.70. The number of sulfonamides is 1. The molecule has 0 unspecified atom stereocenters. The van der Waals surface area contributed by atoms with Crippen molar-refractivity contribution < 1.29 is 8.42 Å². The lowest BCUT2D eigenvalue weighted by Crippen LogP contribution is -2.41. The van der Waals surface area contributed by atoms with Crippen LogP contribution in [0.2, 0.25) is 0 Å². The highest BCUT2D eigenvalue weighted by Crippen LogP contribution is 2.43. The Kier molecular flexibility index (Phi) is 4.12. The average molecular weight is 296 g/mol. The molecule has 1 aromatic rings. The first-order valence-corrected chi connectivity index (χ1v) is 8.64. The number of anilines is 1. The summed E-state index contributed by atoms with van der Waals surface area (Å²) in [6.45, 7) is 6.46. The molecule has 1 fully saturated rings. The molecule has 5 heteroatoms. The van der Waals surface area contributed by atoms with Crippen molar-refractivity contribution in [2.75, 3.05) is 12.3 Å². The molecule has 0 heterocycles. The van der Waals surface area contributed by atoms with E-state index in [1.165, 1.54) is 6.42 Å². The zero-order valence-corrected chi connectivity index (χ0v) is 13.3. The Morgan fingerprint density at radius 2 is 1.85 bits per heavy atom. The lowest BCUT2D eigenvalue weighted by Gasteiger charge is -2.41. The van der Waals surface area contributed by atoms with Crippen molar-refractivity contribution in [3.05, 3.63) is 23.3 Å².